The standard InChI is InChI=1S/C11H15BrO3/c1-8(5-13)7-15-10-2-3-11(12)9(4-10)6-14/h2-4,8,13-14H,5-7H2,1H3. The molecule has 3 nitrogen and oxygen atoms in total. The van der Waals surface area contributed by atoms with E-state index >= 15 is 0 Å². The Morgan fingerprint density at radius 3 is 2.73 bits per heavy atom. The smallest absolute Gasteiger partial charge is 0.119 e. The molecule has 0 saturated heterocycles. The van der Waals surface area contributed by atoms with Crippen molar-refractivity contribution in [1.82, 2.24) is 0 Å². The van der Waals surface area contributed by atoms with E-state index in [9.17, 15) is 0 Å². The van der Waals surface area contributed by atoms with Crippen molar-refractivity contribution in [2.24, 2.45) is 5.92 Å². The number of ether oxygens (including phenoxy) is 1. The van der Waals surface area contributed by atoms with E-state index in [0.717, 1.165) is 10.0 Å². The molecule has 0 aromatic heterocycles. The van der Waals surface area contributed by atoms with Crippen LogP contribution in [0, 0.1) is 5.92 Å². The maximum Gasteiger partial charge on any atom is 0.119 e. The van der Waals surface area contributed by atoms with Crippen LogP contribution in [0.1, 0.15) is 12.5 Å². The Balaban J connectivity index is 2.62. The van der Waals surface area contributed by atoms with Crippen molar-refractivity contribution < 1.29 is 14.9 Å². The van der Waals surface area contributed by atoms with Crippen LogP contribution in [-0.4, -0.2) is 23.4 Å². The summed E-state index contributed by atoms with van der Waals surface area (Å²) in [7, 11) is 0. The van der Waals surface area contributed by atoms with Gasteiger partial charge in [0.25, 0.3) is 0 Å². The Hall–Kier alpha value is -0.580. The second-order valence-corrected chi connectivity index (χ2v) is 4.36. The normalized spacial score (nSPS) is 12.5. The molecule has 0 spiro atoms. The topological polar surface area (TPSA) is 49.7 Å². The van der Waals surface area contributed by atoms with Gasteiger partial charge in [0.15, 0.2) is 0 Å². The van der Waals surface area contributed by atoms with E-state index in [2.05, 4.69) is 15.9 Å². The van der Waals surface area contributed by atoms with E-state index in [1.807, 2.05) is 19.1 Å². The van der Waals surface area contributed by atoms with Crippen molar-refractivity contribution in [2.75, 3.05) is 13.2 Å². The summed E-state index contributed by atoms with van der Waals surface area (Å²) in [5.74, 6) is 0.828. The van der Waals surface area contributed by atoms with Gasteiger partial charge in [0.2, 0.25) is 0 Å². The predicted molar refractivity (Wildman–Crippen MR) is 61.8 cm³/mol. The van der Waals surface area contributed by atoms with Crippen LogP contribution in [0.2, 0.25) is 0 Å². The van der Waals surface area contributed by atoms with Crippen molar-refractivity contribution in [3.8, 4) is 5.75 Å². The third-order valence-corrected chi connectivity index (χ3v) is 2.81. The molecule has 0 saturated carbocycles. The predicted octanol–water partition coefficient (Wildman–Crippen LogP) is 1.95. The third-order valence-electron chi connectivity index (χ3n) is 2.03. The van der Waals surface area contributed by atoms with E-state index < -0.39 is 0 Å². The summed E-state index contributed by atoms with van der Waals surface area (Å²) in [6.07, 6.45) is 0. The Morgan fingerprint density at radius 1 is 1.40 bits per heavy atom. The monoisotopic (exact) mass is 274 g/mol. The fourth-order valence-corrected chi connectivity index (χ4v) is 1.43. The molecule has 1 rings (SSSR count). The number of hydrogen-bond donors (Lipinski definition) is 2. The molecule has 0 radical (unpaired) electrons. The number of hydrogen-bond acceptors (Lipinski definition) is 3. The maximum absolute atomic E-state index is 9.04. The van der Waals surface area contributed by atoms with Gasteiger partial charge in [0, 0.05) is 17.0 Å². The lowest BCUT2D eigenvalue weighted by Crippen LogP contribution is -2.12. The lowest BCUT2D eigenvalue weighted by molar-refractivity contribution is 0.174. The SMILES string of the molecule is CC(CO)COc1ccc(Br)c(CO)c1. The van der Waals surface area contributed by atoms with Crippen LogP contribution in [0.4, 0.5) is 0 Å². The summed E-state index contributed by atoms with van der Waals surface area (Å²) in [5.41, 5.74) is 0.796. The van der Waals surface area contributed by atoms with Crippen molar-refractivity contribution in [3.05, 3.63) is 28.2 Å². The number of aliphatic hydroxyl groups is 2. The first-order chi connectivity index (χ1) is 7.17. The number of rotatable bonds is 5. The quantitative estimate of drug-likeness (QED) is 0.863. The van der Waals surface area contributed by atoms with Crippen LogP contribution in [0.5, 0.6) is 5.75 Å². The molecule has 0 heterocycles. The summed E-state index contributed by atoms with van der Waals surface area (Å²) in [6.45, 7) is 2.48. The van der Waals surface area contributed by atoms with Gasteiger partial charge < -0.3 is 14.9 Å². The molecule has 4 heteroatoms. The summed E-state index contributed by atoms with van der Waals surface area (Å²) < 4.78 is 6.33. The Labute approximate surface area is 97.8 Å². The molecule has 1 aromatic rings. The van der Waals surface area contributed by atoms with Gasteiger partial charge in [0.05, 0.1) is 13.2 Å². The average molecular weight is 275 g/mol. The molecule has 0 amide bonds. The molecular formula is C11H15BrO3. The van der Waals surface area contributed by atoms with Gasteiger partial charge in [-0.15, -0.1) is 0 Å². The highest BCUT2D eigenvalue weighted by Gasteiger charge is 2.04. The molecule has 2 N–H and O–H groups in total. The fourth-order valence-electron chi connectivity index (χ4n) is 1.05. The molecule has 1 aromatic carbocycles. The average Bonchev–Trinajstić information content (AvgIpc) is 2.27. The highest BCUT2D eigenvalue weighted by molar-refractivity contribution is 9.10. The van der Waals surface area contributed by atoms with Crippen molar-refractivity contribution in [3.63, 3.8) is 0 Å². The zero-order valence-corrected chi connectivity index (χ0v) is 10.2. The molecule has 15 heavy (non-hydrogen) atoms. The summed E-state index contributed by atoms with van der Waals surface area (Å²) in [5, 5.41) is 17.9. The first-order valence-corrected chi connectivity index (χ1v) is 5.59. The zero-order valence-electron chi connectivity index (χ0n) is 8.61. The second-order valence-electron chi connectivity index (χ2n) is 3.51. The van der Waals surface area contributed by atoms with Crippen molar-refractivity contribution >= 4 is 15.9 Å². The second kappa shape index (κ2) is 6.10. The Kier molecular flexibility index (Phi) is 5.08. The fraction of sp³-hybridized carbons (Fsp3) is 0.455. The summed E-state index contributed by atoms with van der Waals surface area (Å²) in [4.78, 5) is 0. The van der Waals surface area contributed by atoms with E-state index in [4.69, 9.17) is 14.9 Å². The zero-order chi connectivity index (χ0) is 11.3. The minimum Gasteiger partial charge on any atom is -0.493 e. The van der Waals surface area contributed by atoms with Crippen LogP contribution >= 0.6 is 15.9 Å². The highest BCUT2D eigenvalue weighted by atomic mass is 79.9. The highest BCUT2D eigenvalue weighted by Crippen LogP contribution is 2.22. The van der Waals surface area contributed by atoms with E-state index in [0.29, 0.717) is 12.4 Å². The van der Waals surface area contributed by atoms with Gasteiger partial charge in [-0.25, -0.2) is 0 Å². The van der Waals surface area contributed by atoms with Gasteiger partial charge in [-0.05, 0) is 23.8 Å². The third kappa shape index (κ3) is 3.81. The summed E-state index contributed by atoms with van der Waals surface area (Å²) >= 11 is 3.33. The molecule has 0 aliphatic rings. The van der Waals surface area contributed by atoms with E-state index in [-0.39, 0.29) is 19.1 Å². The molecule has 0 fully saturated rings. The first kappa shape index (κ1) is 12.5. The largest absolute Gasteiger partial charge is 0.493 e. The molecule has 1 atom stereocenters. The van der Waals surface area contributed by atoms with Gasteiger partial charge in [-0.2, -0.15) is 0 Å². The van der Waals surface area contributed by atoms with Crippen LogP contribution < -0.4 is 4.74 Å². The van der Waals surface area contributed by atoms with Crippen LogP contribution in [-0.2, 0) is 6.61 Å². The van der Waals surface area contributed by atoms with Crippen LogP contribution in [0.3, 0.4) is 0 Å². The minimum absolute atomic E-state index is 0.0205. The lowest BCUT2D eigenvalue weighted by atomic mass is 10.2. The molecule has 0 aliphatic heterocycles. The van der Waals surface area contributed by atoms with Gasteiger partial charge in [0.1, 0.15) is 5.75 Å². The summed E-state index contributed by atoms with van der Waals surface area (Å²) in [6, 6.07) is 5.45. The molecule has 84 valence electrons. The first-order valence-electron chi connectivity index (χ1n) is 4.80. The molecule has 0 bridgehead atoms. The molecular weight excluding hydrogens is 260 g/mol. The van der Waals surface area contributed by atoms with Crippen LogP contribution in [0.15, 0.2) is 22.7 Å². The molecule has 0 aliphatic carbocycles. The molecule has 1 unspecified atom stereocenters. The van der Waals surface area contributed by atoms with Gasteiger partial charge >= 0.3 is 0 Å². The number of halogens is 1. The maximum atomic E-state index is 9.04. The van der Waals surface area contributed by atoms with Gasteiger partial charge in [-0.1, -0.05) is 22.9 Å². The lowest BCUT2D eigenvalue weighted by Gasteiger charge is -2.11. The van der Waals surface area contributed by atoms with Crippen LogP contribution in [0.25, 0.3) is 0 Å². The number of benzene rings is 1. The number of aliphatic hydroxyl groups excluding tert-OH is 2. The van der Waals surface area contributed by atoms with E-state index in [1.54, 1.807) is 6.07 Å². The van der Waals surface area contributed by atoms with Gasteiger partial charge in [-0.3, -0.25) is 0 Å². The van der Waals surface area contributed by atoms with Crippen molar-refractivity contribution in [1.29, 1.82) is 0 Å². The minimum atomic E-state index is -0.0205. The van der Waals surface area contributed by atoms with E-state index in [1.165, 1.54) is 0 Å². The Bertz CT molecular complexity index is 315. The van der Waals surface area contributed by atoms with Crippen molar-refractivity contribution in [2.45, 2.75) is 13.5 Å². The Morgan fingerprint density at radius 2 is 2.13 bits per heavy atom.